The summed E-state index contributed by atoms with van der Waals surface area (Å²) >= 11 is 12.2. The Morgan fingerprint density at radius 2 is 1.92 bits per heavy atom. The van der Waals surface area contributed by atoms with Gasteiger partial charge in [-0.25, -0.2) is 5.84 Å². The van der Waals surface area contributed by atoms with Crippen molar-refractivity contribution in [3.05, 3.63) is 69.3 Å². The predicted octanol–water partition coefficient (Wildman–Crippen LogP) is 3.84. The van der Waals surface area contributed by atoms with Gasteiger partial charge in [-0.05, 0) is 48.4 Å². The number of benzene rings is 2. The summed E-state index contributed by atoms with van der Waals surface area (Å²) in [4.78, 5) is 11.8. The number of rotatable bonds is 4. The molecule has 0 saturated carbocycles. The van der Waals surface area contributed by atoms with E-state index in [0.29, 0.717) is 16.6 Å². The Balaban J connectivity index is 2.13. The SMILES string of the molecule is Cc1c(CC(=O)NN)c2cc(Cl)ccc2n1Cc1cccc(Cl)c1. The highest BCUT2D eigenvalue weighted by Crippen LogP contribution is 2.30. The summed E-state index contributed by atoms with van der Waals surface area (Å²) in [5.74, 6) is 5.01. The highest BCUT2D eigenvalue weighted by atomic mass is 35.5. The van der Waals surface area contributed by atoms with Gasteiger partial charge in [0, 0.05) is 33.2 Å². The van der Waals surface area contributed by atoms with Crippen LogP contribution in [0.1, 0.15) is 16.8 Å². The average Bonchev–Trinajstić information content (AvgIpc) is 2.80. The molecule has 3 rings (SSSR count). The molecule has 2 aromatic carbocycles. The minimum Gasteiger partial charge on any atom is -0.340 e. The van der Waals surface area contributed by atoms with E-state index in [1.165, 1.54) is 0 Å². The maximum absolute atomic E-state index is 11.8. The van der Waals surface area contributed by atoms with E-state index in [-0.39, 0.29) is 12.3 Å². The van der Waals surface area contributed by atoms with E-state index in [2.05, 4.69) is 9.99 Å². The van der Waals surface area contributed by atoms with Crippen molar-refractivity contribution in [1.29, 1.82) is 0 Å². The normalized spacial score (nSPS) is 11.0. The summed E-state index contributed by atoms with van der Waals surface area (Å²) in [7, 11) is 0. The summed E-state index contributed by atoms with van der Waals surface area (Å²) in [5.41, 5.74) is 6.24. The van der Waals surface area contributed by atoms with Crippen LogP contribution in [0.4, 0.5) is 0 Å². The fourth-order valence-electron chi connectivity index (χ4n) is 2.98. The van der Waals surface area contributed by atoms with Crippen LogP contribution in [0.15, 0.2) is 42.5 Å². The van der Waals surface area contributed by atoms with E-state index < -0.39 is 0 Å². The Hall–Kier alpha value is -2.01. The van der Waals surface area contributed by atoms with Crippen LogP contribution in [0.3, 0.4) is 0 Å². The van der Waals surface area contributed by atoms with E-state index in [1.54, 1.807) is 0 Å². The van der Waals surface area contributed by atoms with E-state index >= 15 is 0 Å². The molecule has 124 valence electrons. The number of fused-ring (bicyclic) bond motifs is 1. The summed E-state index contributed by atoms with van der Waals surface area (Å²) < 4.78 is 2.16. The third kappa shape index (κ3) is 3.26. The van der Waals surface area contributed by atoms with E-state index in [0.717, 1.165) is 27.7 Å². The number of hydrazine groups is 1. The molecular formula is C18H17Cl2N3O. The van der Waals surface area contributed by atoms with Gasteiger partial charge in [0.2, 0.25) is 5.91 Å². The second kappa shape index (κ2) is 6.85. The highest BCUT2D eigenvalue weighted by Gasteiger charge is 2.17. The van der Waals surface area contributed by atoms with Crippen LogP contribution in [0.5, 0.6) is 0 Å². The van der Waals surface area contributed by atoms with E-state index in [9.17, 15) is 4.79 Å². The van der Waals surface area contributed by atoms with Gasteiger partial charge in [0.25, 0.3) is 0 Å². The van der Waals surface area contributed by atoms with Crippen LogP contribution in [0.2, 0.25) is 10.0 Å². The minimum absolute atomic E-state index is 0.210. The first-order valence-electron chi connectivity index (χ1n) is 7.50. The van der Waals surface area contributed by atoms with E-state index in [1.807, 2.05) is 49.4 Å². The topological polar surface area (TPSA) is 60.1 Å². The highest BCUT2D eigenvalue weighted by molar-refractivity contribution is 6.31. The van der Waals surface area contributed by atoms with E-state index in [4.69, 9.17) is 29.0 Å². The largest absolute Gasteiger partial charge is 0.340 e. The molecule has 3 aromatic rings. The standard InChI is InChI=1S/C18H17Cl2N3O/c1-11-15(9-18(24)22-21)16-8-14(20)5-6-17(16)23(11)10-12-3-2-4-13(19)7-12/h2-8H,9-10,21H2,1H3,(H,22,24). The van der Waals surface area contributed by atoms with Crippen molar-refractivity contribution < 1.29 is 4.79 Å². The molecule has 0 atom stereocenters. The van der Waals surface area contributed by atoms with Gasteiger partial charge in [-0.3, -0.25) is 10.2 Å². The maximum Gasteiger partial charge on any atom is 0.238 e. The molecule has 3 N–H and O–H groups in total. The van der Waals surface area contributed by atoms with Gasteiger partial charge in [0.1, 0.15) is 0 Å². The molecule has 24 heavy (non-hydrogen) atoms. The molecule has 0 aliphatic rings. The molecule has 0 aliphatic heterocycles. The van der Waals surface area contributed by atoms with Crippen LogP contribution in [-0.2, 0) is 17.8 Å². The lowest BCUT2D eigenvalue weighted by Crippen LogP contribution is -2.31. The average molecular weight is 362 g/mol. The lowest BCUT2D eigenvalue weighted by Gasteiger charge is -2.09. The molecule has 0 bridgehead atoms. The van der Waals surface area contributed by atoms with Gasteiger partial charge in [0.05, 0.1) is 6.42 Å². The molecule has 0 fully saturated rings. The van der Waals surface area contributed by atoms with Crippen molar-refractivity contribution in [2.45, 2.75) is 19.9 Å². The van der Waals surface area contributed by atoms with Crippen molar-refractivity contribution in [3.63, 3.8) is 0 Å². The van der Waals surface area contributed by atoms with Gasteiger partial charge < -0.3 is 4.57 Å². The number of carbonyl (C=O) groups excluding carboxylic acids is 1. The smallest absolute Gasteiger partial charge is 0.238 e. The molecule has 0 unspecified atom stereocenters. The second-order valence-electron chi connectivity index (χ2n) is 5.69. The second-order valence-corrected chi connectivity index (χ2v) is 6.56. The number of nitrogens with two attached hydrogens (primary N) is 1. The van der Waals surface area contributed by atoms with Gasteiger partial charge in [-0.2, -0.15) is 0 Å². The number of nitrogens with one attached hydrogen (secondary N) is 1. The molecule has 4 nitrogen and oxygen atoms in total. The Kier molecular flexibility index (Phi) is 4.81. The molecular weight excluding hydrogens is 345 g/mol. The Labute approximate surface area is 150 Å². The van der Waals surface area contributed by atoms with Crippen molar-refractivity contribution in [1.82, 2.24) is 9.99 Å². The Morgan fingerprint density at radius 3 is 2.62 bits per heavy atom. The quantitative estimate of drug-likeness (QED) is 0.421. The lowest BCUT2D eigenvalue weighted by molar-refractivity contribution is -0.120. The van der Waals surface area contributed by atoms with Crippen molar-refractivity contribution in [3.8, 4) is 0 Å². The number of carbonyl (C=O) groups is 1. The first-order valence-corrected chi connectivity index (χ1v) is 8.26. The number of amides is 1. The Morgan fingerprint density at radius 1 is 1.17 bits per heavy atom. The monoisotopic (exact) mass is 361 g/mol. The third-order valence-electron chi connectivity index (χ3n) is 4.14. The first-order chi connectivity index (χ1) is 11.5. The summed E-state index contributed by atoms with van der Waals surface area (Å²) in [6, 6.07) is 13.5. The summed E-state index contributed by atoms with van der Waals surface area (Å²) in [6.07, 6.45) is 0.210. The van der Waals surface area contributed by atoms with Crippen LogP contribution in [-0.4, -0.2) is 10.5 Å². The van der Waals surface area contributed by atoms with Gasteiger partial charge in [-0.15, -0.1) is 0 Å². The fraction of sp³-hybridized carbons (Fsp3) is 0.167. The summed E-state index contributed by atoms with van der Waals surface area (Å²) in [5, 5.41) is 2.30. The zero-order valence-corrected chi connectivity index (χ0v) is 14.7. The third-order valence-corrected chi connectivity index (χ3v) is 4.61. The molecule has 0 radical (unpaired) electrons. The van der Waals surface area contributed by atoms with Crippen molar-refractivity contribution in [2.24, 2.45) is 5.84 Å². The van der Waals surface area contributed by atoms with Crippen LogP contribution < -0.4 is 11.3 Å². The first kappa shape index (κ1) is 16.8. The van der Waals surface area contributed by atoms with Gasteiger partial charge in [0.15, 0.2) is 0 Å². The minimum atomic E-state index is -0.236. The van der Waals surface area contributed by atoms with Crippen LogP contribution in [0.25, 0.3) is 10.9 Å². The molecule has 6 heteroatoms. The van der Waals surface area contributed by atoms with Crippen LogP contribution >= 0.6 is 23.2 Å². The van der Waals surface area contributed by atoms with Crippen molar-refractivity contribution >= 4 is 40.0 Å². The fourth-order valence-corrected chi connectivity index (χ4v) is 3.37. The molecule has 0 saturated heterocycles. The molecule has 0 spiro atoms. The van der Waals surface area contributed by atoms with Crippen LogP contribution in [0, 0.1) is 6.92 Å². The molecule has 1 amide bonds. The van der Waals surface area contributed by atoms with Gasteiger partial charge >= 0.3 is 0 Å². The molecule has 1 heterocycles. The Bertz CT molecular complexity index is 918. The zero-order chi connectivity index (χ0) is 17.3. The number of halogens is 2. The predicted molar refractivity (Wildman–Crippen MR) is 98.3 cm³/mol. The number of hydrogen-bond acceptors (Lipinski definition) is 2. The van der Waals surface area contributed by atoms with Gasteiger partial charge in [-0.1, -0.05) is 35.3 Å². The van der Waals surface area contributed by atoms with Crippen molar-refractivity contribution in [2.75, 3.05) is 0 Å². The number of hydrogen-bond donors (Lipinski definition) is 2. The zero-order valence-electron chi connectivity index (χ0n) is 13.1. The lowest BCUT2D eigenvalue weighted by atomic mass is 10.1. The maximum atomic E-state index is 11.8. The number of aromatic nitrogens is 1. The summed E-state index contributed by atoms with van der Waals surface area (Å²) in [6.45, 7) is 2.66. The molecule has 0 aliphatic carbocycles. The molecule has 1 aromatic heterocycles. The number of nitrogens with zero attached hydrogens (tertiary/aromatic N) is 1.